The SMILES string of the molecule is CC(Oc1ccccc1Cl)C(=O)NC1(CC(=O)O)CCOC1. The molecule has 2 rings (SSSR count). The molecule has 1 saturated heterocycles. The second kappa shape index (κ2) is 6.98. The van der Waals surface area contributed by atoms with Gasteiger partial charge in [-0.25, -0.2) is 0 Å². The molecule has 120 valence electrons. The maximum atomic E-state index is 12.3. The number of rotatable bonds is 6. The lowest BCUT2D eigenvalue weighted by molar-refractivity contribution is -0.139. The highest BCUT2D eigenvalue weighted by Crippen LogP contribution is 2.26. The van der Waals surface area contributed by atoms with Gasteiger partial charge in [-0.15, -0.1) is 0 Å². The number of carbonyl (C=O) groups is 2. The zero-order valence-corrected chi connectivity index (χ0v) is 12.9. The average molecular weight is 328 g/mol. The van der Waals surface area contributed by atoms with Gasteiger partial charge in [0.15, 0.2) is 6.10 Å². The Balaban J connectivity index is 2.01. The Morgan fingerprint density at radius 2 is 2.23 bits per heavy atom. The van der Waals surface area contributed by atoms with Crippen molar-refractivity contribution in [2.75, 3.05) is 13.2 Å². The quantitative estimate of drug-likeness (QED) is 0.833. The fourth-order valence-electron chi connectivity index (χ4n) is 2.33. The average Bonchev–Trinajstić information content (AvgIpc) is 2.88. The van der Waals surface area contributed by atoms with E-state index >= 15 is 0 Å². The fraction of sp³-hybridized carbons (Fsp3) is 0.467. The maximum absolute atomic E-state index is 12.3. The third-order valence-corrected chi connectivity index (χ3v) is 3.80. The number of ether oxygens (including phenoxy) is 2. The zero-order chi connectivity index (χ0) is 16.2. The summed E-state index contributed by atoms with van der Waals surface area (Å²) in [5, 5.41) is 12.2. The minimum absolute atomic E-state index is 0.183. The molecule has 0 aromatic heterocycles. The summed E-state index contributed by atoms with van der Waals surface area (Å²) in [4.78, 5) is 23.3. The molecule has 7 heteroatoms. The molecule has 0 spiro atoms. The lowest BCUT2D eigenvalue weighted by atomic mass is 9.94. The summed E-state index contributed by atoms with van der Waals surface area (Å²) >= 11 is 5.99. The van der Waals surface area contributed by atoms with E-state index in [2.05, 4.69) is 5.32 Å². The molecule has 2 atom stereocenters. The molecule has 6 nitrogen and oxygen atoms in total. The third kappa shape index (κ3) is 4.11. The zero-order valence-electron chi connectivity index (χ0n) is 12.2. The molecule has 1 heterocycles. The fourth-order valence-corrected chi connectivity index (χ4v) is 2.51. The second-order valence-electron chi connectivity index (χ2n) is 5.33. The highest BCUT2D eigenvalue weighted by atomic mass is 35.5. The van der Waals surface area contributed by atoms with E-state index < -0.39 is 23.5 Å². The third-order valence-electron chi connectivity index (χ3n) is 3.49. The number of halogens is 1. The minimum atomic E-state index is -0.981. The van der Waals surface area contributed by atoms with Gasteiger partial charge in [0, 0.05) is 6.61 Å². The number of carboxylic acid groups (broad SMARTS) is 1. The van der Waals surface area contributed by atoms with Gasteiger partial charge in [-0.05, 0) is 25.5 Å². The predicted molar refractivity (Wildman–Crippen MR) is 80.1 cm³/mol. The van der Waals surface area contributed by atoms with Crippen molar-refractivity contribution in [1.82, 2.24) is 5.32 Å². The molecule has 1 aliphatic rings. The van der Waals surface area contributed by atoms with Gasteiger partial charge in [0.1, 0.15) is 5.75 Å². The van der Waals surface area contributed by atoms with Crippen LogP contribution in [0.4, 0.5) is 0 Å². The Hall–Kier alpha value is -1.79. The van der Waals surface area contributed by atoms with Crippen LogP contribution in [0.3, 0.4) is 0 Å². The van der Waals surface area contributed by atoms with Crippen LogP contribution >= 0.6 is 11.6 Å². The van der Waals surface area contributed by atoms with E-state index in [0.29, 0.717) is 23.8 Å². The number of nitrogens with one attached hydrogen (secondary N) is 1. The standard InChI is InChI=1S/C15H18ClNO5/c1-10(22-12-5-3-2-4-11(12)16)14(20)17-15(8-13(18)19)6-7-21-9-15/h2-5,10H,6-9H2,1H3,(H,17,20)(H,18,19). The lowest BCUT2D eigenvalue weighted by Crippen LogP contribution is -2.53. The number of carbonyl (C=O) groups excluding carboxylic acids is 1. The first-order chi connectivity index (χ1) is 10.4. The van der Waals surface area contributed by atoms with Gasteiger partial charge in [-0.1, -0.05) is 23.7 Å². The maximum Gasteiger partial charge on any atom is 0.305 e. The number of benzene rings is 1. The van der Waals surface area contributed by atoms with Gasteiger partial charge in [-0.3, -0.25) is 9.59 Å². The smallest absolute Gasteiger partial charge is 0.305 e. The van der Waals surface area contributed by atoms with Gasteiger partial charge < -0.3 is 19.9 Å². The van der Waals surface area contributed by atoms with Crippen molar-refractivity contribution in [3.8, 4) is 5.75 Å². The summed E-state index contributed by atoms with van der Waals surface area (Å²) in [5.74, 6) is -0.973. The summed E-state index contributed by atoms with van der Waals surface area (Å²) in [6.07, 6.45) is -0.521. The first kappa shape index (κ1) is 16.6. The van der Waals surface area contributed by atoms with Gasteiger partial charge in [0.05, 0.1) is 23.6 Å². The van der Waals surface area contributed by atoms with Crippen LogP contribution in [0.15, 0.2) is 24.3 Å². The van der Waals surface area contributed by atoms with Crippen LogP contribution in [0.25, 0.3) is 0 Å². The Labute approximate surface area is 133 Å². The number of hydrogen-bond donors (Lipinski definition) is 2. The number of aliphatic carboxylic acids is 1. The summed E-state index contributed by atoms with van der Waals surface area (Å²) in [5.41, 5.74) is -0.874. The van der Waals surface area contributed by atoms with E-state index in [1.165, 1.54) is 0 Å². The highest BCUT2D eigenvalue weighted by molar-refractivity contribution is 6.32. The van der Waals surface area contributed by atoms with Crippen LogP contribution in [0.1, 0.15) is 19.8 Å². The van der Waals surface area contributed by atoms with Crippen LogP contribution in [-0.2, 0) is 14.3 Å². The molecular weight excluding hydrogens is 310 g/mol. The van der Waals surface area contributed by atoms with E-state index in [-0.39, 0.29) is 13.0 Å². The van der Waals surface area contributed by atoms with Crippen LogP contribution in [0.5, 0.6) is 5.75 Å². The van der Waals surface area contributed by atoms with Crippen molar-refractivity contribution in [3.63, 3.8) is 0 Å². The Kier molecular flexibility index (Phi) is 5.26. The van der Waals surface area contributed by atoms with Gasteiger partial charge >= 0.3 is 5.97 Å². The molecule has 0 saturated carbocycles. The minimum Gasteiger partial charge on any atom is -0.481 e. The first-order valence-corrected chi connectivity index (χ1v) is 7.32. The van der Waals surface area contributed by atoms with Crippen molar-refractivity contribution in [1.29, 1.82) is 0 Å². The molecule has 0 bridgehead atoms. The Morgan fingerprint density at radius 3 is 2.82 bits per heavy atom. The highest BCUT2D eigenvalue weighted by Gasteiger charge is 2.39. The molecule has 1 amide bonds. The molecule has 1 aliphatic heterocycles. The van der Waals surface area contributed by atoms with E-state index in [9.17, 15) is 9.59 Å². The predicted octanol–water partition coefficient (Wildman–Crippen LogP) is 1.86. The monoisotopic (exact) mass is 327 g/mol. The Bertz CT molecular complexity index is 557. The van der Waals surface area contributed by atoms with Crippen molar-refractivity contribution in [2.45, 2.75) is 31.4 Å². The Morgan fingerprint density at radius 1 is 1.50 bits per heavy atom. The summed E-state index contributed by atoms with van der Waals surface area (Å²) < 4.78 is 10.8. The van der Waals surface area contributed by atoms with Crippen molar-refractivity contribution in [2.24, 2.45) is 0 Å². The topological polar surface area (TPSA) is 84.9 Å². The van der Waals surface area contributed by atoms with Crippen LogP contribution in [0.2, 0.25) is 5.02 Å². The van der Waals surface area contributed by atoms with E-state index in [4.69, 9.17) is 26.2 Å². The summed E-state index contributed by atoms with van der Waals surface area (Å²) in [6.45, 7) is 2.19. The van der Waals surface area contributed by atoms with Crippen molar-refractivity contribution < 1.29 is 24.2 Å². The molecule has 22 heavy (non-hydrogen) atoms. The molecule has 0 aliphatic carbocycles. The number of amides is 1. The molecule has 1 fully saturated rings. The number of hydrogen-bond acceptors (Lipinski definition) is 4. The molecule has 2 N–H and O–H groups in total. The molecule has 2 unspecified atom stereocenters. The van der Waals surface area contributed by atoms with Gasteiger partial charge in [-0.2, -0.15) is 0 Å². The largest absolute Gasteiger partial charge is 0.481 e. The first-order valence-electron chi connectivity index (χ1n) is 6.95. The van der Waals surface area contributed by atoms with Crippen LogP contribution in [-0.4, -0.2) is 41.8 Å². The van der Waals surface area contributed by atoms with Gasteiger partial charge in [0.25, 0.3) is 5.91 Å². The molecule has 1 aromatic carbocycles. The van der Waals surface area contributed by atoms with Gasteiger partial charge in [0.2, 0.25) is 0 Å². The van der Waals surface area contributed by atoms with Crippen LogP contribution < -0.4 is 10.1 Å². The molecule has 0 radical (unpaired) electrons. The summed E-state index contributed by atoms with van der Waals surface area (Å²) in [7, 11) is 0. The van der Waals surface area contributed by atoms with Crippen molar-refractivity contribution in [3.05, 3.63) is 29.3 Å². The van der Waals surface area contributed by atoms with Crippen LogP contribution in [0, 0.1) is 0 Å². The normalized spacial score (nSPS) is 22.1. The molecule has 1 aromatic rings. The van der Waals surface area contributed by atoms with Crippen molar-refractivity contribution >= 4 is 23.5 Å². The lowest BCUT2D eigenvalue weighted by Gasteiger charge is -2.28. The van der Waals surface area contributed by atoms with E-state index in [1.54, 1.807) is 31.2 Å². The second-order valence-corrected chi connectivity index (χ2v) is 5.74. The van der Waals surface area contributed by atoms with E-state index in [0.717, 1.165) is 0 Å². The summed E-state index contributed by atoms with van der Waals surface area (Å²) in [6, 6.07) is 6.84. The van der Waals surface area contributed by atoms with E-state index in [1.807, 2.05) is 0 Å². The number of carboxylic acids is 1. The number of para-hydroxylation sites is 1. The molecular formula is C15H18ClNO5.